The first-order valence-corrected chi connectivity index (χ1v) is 5.12. The van der Waals surface area contributed by atoms with Gasteiger partial charge in [-0.25, -0.2) is 0 Å². The maximum Gasteiger partial charge on any atom is 3.00 e. The minimum absolute atomic E-state index is 0. The first-order chi connectivity index (χ1) is 5.74. The van der Waals surface area contributed by atoms with Crippen LogP contribution in [0.2, 0.25) is 0 Å². The molecule has 0 saturated carbocycles. The van der Waals surface area contributed by atoms with Crippen LogP contribution in [0.4, 0.5) is 0 Å². The average Bonchev–Trinajstić information content (AvgIpc) is 2.18. The van der Waals surface area contributed by atoms with Crippen molar-refractivity contribution < 1.29 is 38.6 Å². The van der Waals surface area contributed by atoms with E-state index in [2.05, 4.69) is 41.5 Å². The van der Waals surface area contributed by atoms with Crippen molar-refractivity contribution in [2.24, 2.45) is 0 Å². The van der Waals surface area contributed by atoms with E-state index in [9.17, 15) is 0 Å². The Morgan fingerprint density at radius 1 is 0.615 bits per heavy atom. The standard InChI is InChI=1S/3C4H9.Tb/c3*1-3-4-2;/h3*1,3-4H2,2H3;/q3*-1;+3. The molecule has 0 unspecified atom stereocenters. The number of hydrogen-bond donors (Lipinski definition) is 0. The van der Waals surface area contributed by atoms with Crippen LogP contribution in [0.25, 0.3) is 0 Å². The van der Waals surface area contributed by atoms with Crippen molar-refractivity contribution in [1.29, 1.82) is 0 Å². The summed E-state index contributed by atoms with van der Waals surface area (Å²) in [5.41, 5.74) is 0. The summed E-state index contributed by atoms with van der Waals surface area (Å²) in [6, 6.07) is 0. The Kier molecular flexibility index (Phi) is 69.3. The largest absolute Gasteiger partial charge is 3.00 e. The molecule has 84 valence electrons. The van der Waals surface area contributed by atoms with Gasteiger partial charge in [0.1, 0.15) is 0 Å². The zero-order valence-electron chi connectivity index (χ0n) is 9.70. The predicted molar refractivity (Wildman–Crippen MR) is 60.8 cm³/mol. The Balaban J connectivity index is -0.0000000450. The Hall–Kier alpha value is 1.29. The van der Waals surface area contributed by atoms with E-state index in [1.54, 1.807) is 0 Å². The number of hydrogen-bond acceptors (Lipinski definition) is 0. The van der Waals surface area contributed by atoms with Crippen molar-refractivity contribution in [3.05, 3.63) is 20.8 Å². The van der Waals surface area contributed by atoms with Crippen LogP contribution in [0.5, 0.6) is 0 Å². The van der Waals surface area contributed by atoms with Crippen LogP contribution in [0, 0.1) is 59.4 Å². The van der Waals surface area contributed by atoms with Crippen LogP contribution in [0.3, 0.4) is 0 Å². The fourth-order valence-electron chi connectivity index (χ4n) is 0. The molecule has 13 heavy (non-hydrogen) atoms. The zero-order chi connectivity index (χ0) is 10.2. The molecule has 0 aliphatic heterocycles. The molecule has 0 radical (unpaired) electrons. The summed E-state index contributed by atoms with van der Waals surface area (Å²) in [6.07, 6.45) is 6.83. The van der Waals surface area contributed by atoms with Gasteiger partial charge in [-0.05, 0) is 0 Å². The molecule has 0 aliphatic rings. The average molecular weight is 330 g/mol. The van der Waals surface area contributed by atoms with E-state index in [4.69, 9.17) is 0 Å². The first-order valence-electron chi connectivity index (χ1n) is 5.12. The Morgan fingerprint density at radius 2 is 0.692 bits per heavy atom. The normalized spacial score (nSPS) is 6.92. The molecule has 0 aromatic heterocycles. The van der Waals surface area contributed by atoms with Crippen molar-refractivity contribution in [3.8, 4) is 0 Å². The van der Waals surface area contributed by atoms with Gasteiger partial charge in [-0.2, -0.15) is 19.3 Å². The van der Waals surface area contributed by atoms with Gasteiger partial charge in [-0.3, -0.25) is 0 Å². The van der Waals surface area contributed by atoms with Gasteiger partial charge >= 0.3 is 38.6 Å². The molecule has 0 amide bonds. The molecular formula is C12H27Tb. The molecule has 0 N–H and O–H groups in total. The fourth-order valence-corrected chi connectivity index (χ4v) is 0. The molecule has 0 bridgehead atoms. The summed E-state index contributed by atoms with van der Waals surface area (Å²) >= 11 is 0. The topological polar surface area (TPSA) is 0 Å². The second-order valence-electron chi connectivity index (χ2n) is 2.56. The van der Waals surface area contributed by atoms with Gasteiger partial charge in [0.2, 0.25) is 0 Å². The van der Waals surface area contributed by atoms with E-state index in [0.717, 1.165) is 19.3 Å². The van der Waals surface area contributed by atoms with Gasteiger partial charge in [-0.1, -0.05) is 40.0 Å². The minimum atomic E-state index is 0. The van der Waals surface area contributed by atoms with Crippen molar-refractivity contribution in [2.75, 3.05) is 0 Å². The molecule has 1 heteroatoms. The van der Waals surface area contributed by atoms with Crippen LogP contribution < -0.4 is 0 Å². The molecule has 0 saturated heterocycles. The van der Waals surface area contributed by atoms with Crippen LogP contribution in [-0.2, 0) is 0 Å². The Bertz CT molecular complexity index is 20.6. The maximum absolute atomic E-state index is 3.60. The van der Waals surface area contributed by atoms with Crippen LogP contribution in [0.1, 0.15) is 59.3 Å². The molecule has 0 heterocycles. The smallest absolute Gasteiger partial charge is 0.343 e. The van der Waals surface area contributed by atoms with Crippen LogP contribution in [-0.4, -0.2) is 0 Å². The van der Waals surface area contributed by atoms with Crippen molar-refractivity contribution in [2.45, 2.75) is 59.3 Å². The Morgan fingerprint density at radius 3 is 0.692 bits per heavy atom. The van der Waals surface area contributed by atoms with Crippen molar-refractivity contribution in [1.82, 2.24) is 0 Å². The third-order valence-electron chi connectivity index (χ3n) is 1.06. The van der Waals surface area contributed by atoms with E-state index >= 15 is 0 Å². The molecule has 0 aromatic rings. The molecular weight excluding hydrogens is 303 g/mol. The van der Waals surface area contributed by atoms with Crippen LogP contribution >= 0.6 is 0 Å². The van der Waals surface area contributed by atoms with Gasteiger partial charge < -0.3 is 20.8 Å². The summed E-state index contributed by atoms with van der Waals surface area (Å²) in [5.74, 6) is 0. The van der Waals surface area contributed by atoms with E-state index < -0.39 is 0 Å². The third-order valence-corrected chi connectivity index (χ3v) is 1.06. The van der Waals surface area contributed by atoms with Crippen LogP contribution in [0.15, 0.2) is 0 Å². The molecule has 0 atom stereocenters. The molecule has 0 spiro atoms. The fraction of sp³-hybridized carbons (Fsp3) is 0.750. The first kappa shape index (κ1) is 23.8. The third kappa shape index (κ3) is 92.1. The molecule has 0 nitrogen and oxygen atoms in total. The number of unbranched alkanes of at least 4 members (excludes halogenated alkanes) is 3. The summed E-state index contributed by atoms with van der Waals surface area (Å²) in [7, 11) is 0. The summed E-state index contributed by atoms with van der Waals surface area (Å²) in [4.78, 5) is 0. The van der Waals surface area contributed by atoms with Gasteiger partial charge in [0.05, 0.1) is 0 Å². The second kappa shape index (κ2) is 37.8. The van der Waals surface area contributed by atoms with Gasteiger partial charge in [0.25, 0.3) is 0 Å². The van der Waals surface area contributed by atoms with Gasteiger partial charge in [0.15, 0.2) is 0 Å². The summed E-state index contributed by atoms with van der Waals surface area (Å²) in [5, 5.41) is 0. The Labute approximate surface area is 118 Å². The van der Waals surface area contributed by atoms with Gasteiger partial charge in [0, 0.05) is 0 Å². The molecule has 0 rings (SSSR count). The van der Waals surface area contributed by atoms with Gasteiger partial charge in [-0.15, -0.1) is 0 Å². The predicted octanol–water partition coefficient (Wildman–Crippen LogP) is 4.86. The second-order valence-corrected chi connectivity index (χ2v) is 2.56. The zero-order valence-corrected chi connectivity index (χ0v) is 11.8. The van der Waals surface area contributed by atoms with E-state index in [1.165, 1.54) is 19.3 Å². The molecule has 0 aliphatic carbocycles. The summed E-state index contributed by atoms with van der Waals surface area (Å²) < 4.78 is 0. The molecule has 0 aromatic carbocycles. The quantitative estimate of drug-likeness (QED) is 0.648. The number of rotatable bonds is 3. The monoisotopic (exact) mass is 330 g/mol. The van der Waals surface area contributed by atoms with Crippen molar-refractivity contribution >= 4 is 0 Å². The maximum atomic E-state index is 3.60. The minimum Gasteiger partial charge on any atom is -0.343 e. The van der Waals surface area contributed by atoms with Crippen molar-refractivity contribution in [3.63, 3.8) is 0 Å². The SMILES string of the molecule is [CH2-]CCC.[CH2-]CCC.[CH2-]CCC.[Tb+3]. The summed E-state index contributed by atoms with van der Waals surface area (Å²) in [6.45, 7) is 17.2. The molecule has 0 fully saturated rings. The van der Waals surface area contributed by atoms with E-state index in [1.807, 2.05) is 0 Å². The van der Waals surface area contributed by atoms with E-state index in [-0.39, 0.29) is 38.6 Å². The van der Waals surface area contributed by atoms with E-state index in [0.29, 0.717) is 0 Å².